The van der Waals surface area contributed by atoms with Gasteiger partial charge in [-0.15, -0.1) is 11.3 Å². The van der Waals surface area contributed by atoms with Gasteiger partial charge in [0.2, 0.25) is 0 Å². The second-order valence-corrected chi connectivity index (χ2v) is 6.44. The summed E-state index contributed by atoms with van der Waals surface area (Å²) in [6.45, 7) is 7.09. The molecule has 0 amide bonds. The molecule has 1 aromatic rings. The number of hydrogen-bond acceptors (Lipinski definition) is 5. The highest BCUT2D eigenvalue weighted by molar-refractivity contribution is 7.15. The van der Waals surface area contributed by atoms with E-state index in [4.69, 9.17) is 9.72 Å². The topological polar surface area (TPSA) is 37.4 Å². The van der Waals surface area contributed by atoms with E-state index < -0.39 is 0 Å². The summed E-state index contributed by atoms with van der Waals surface area (Å²) >= 11 is 1.84. The van der Waals surface area contributed by atoms with Gasteiger partial charge in [0.15, 0.2) is 5.13 Å². The fourth-order valence-corrected chi connectivity index (χ4v) is 3.62. The normalized spacial score (nSPS) is 16.4. The molecule has 2 heterocycles. The van der Waals surface area contributed by atoms with E-state index in [1.165, 1.54) is 35.7 Å². The van der Waals surface area contributed by atoms with Crippen molar-refractivity contribution in [3.63, 3.8) is 0 Å². The second kappa shape index (κ2) is 8.60. The molecule has 0 unspecified atom stereocenters. The van der Waals surface area contributed by atoms with Crippen molar-refractivity contribution in [1.82, 2.24) is 10.3 Å². The third-order valence-corrected chi connectivity index (χ3v) is 4.80. The van der Waals surface area contributed by atoms with E-state index in [1.807, 2.05) is 11.3 Å². The van der Waals surface area contributed by atoms with Crippen molar-refractivity contribution >= 4 is 16.5 Å². The minimum Gasteiger partial charge on any atom is -0.378 e. The van der Waals surface area contributed by atoms with Crippen LogP contribution in [0.5, 0.6) is 0 Å². The molecular formula is C15H27N3OS. The lowest BCUT2D eigenvalue weighted by Crippen LogP contribution is -2.23. The average molecular weight is 297 g/mol. The Bertz CT molecular complexity index is 386. The predicted molar refractivity (Wildman–Crippen MR) is 85.5 cm³/mol. The van der Waals surface area contributed by atoms with Crippen LogP contribution in [0.25, 0.3) is 0 Å². The minimum atomic E-state index is 0.619. The molecule has 0 aromatic carbocycles. The van der Waals surface area contributed by atoms with Gasteiger partial charge in [0.25, 0.3) is 0 Å². The van der Waals surface area contributed by atoms with Crippen molar-refractivity contribution in [1.29, 1.82) is 0 Å². The highest BCUT2D eigenvalue weighted by Gasteiger charge is 2.17. The number of thiazole rings is 1. The zero-order valence-corrected chi connectivity index (χ0v) is 13.6. The van der Waals surface area contributed by atoms with Crippen LogP contribution in [-0.4, -0.2) is 31.7 Å². The van der Waals surface area contributed by atoms with Gasteiger partial charge < -0.3 is 15.0 Å². The summed E-state index contributed by atoms with van der Waals surface area (Å²) < 4.78 is 5.30. The molecule has 0 bridgehead atoms. The van der Waals surface area contributed by atoms with Crippen LogP contribution in [0.1, 0.15) is 49.6 Å². The molecule has 0 spiro atoms. The summed E-state index contributed by atoms with van der Waals surface area (Å²) in [7, 11) is 1.74. The van der Waals surface area contributed by atoms with Crippen molar-refractivity contribution in [2.45, 2.75) is 52.2 Å². The van der Waals surface area contributed by atoms with Crippen molar-refractivity contribution in [3.05, 3.63) is 10.6 Å². The molecule has 0 atom stereocenters. The smallest absolute Gasteiger partial charge is 0.185 e. The molecule has 1 N–H and O–H groups in total. The van der Waals surface area contributed by atoms with Gasteiger partial charge in [0.05, 0.1) is 12.3 Å². The fourth-order valence-electron chi connectivity index (χ4n) is 2.53. The second-order valence-electron chi connectivity index (χ2n) is 5.38. The van der Waals surface area contributed by atoms with Gasteiger partial charge in [-0.25, -0.2) is 4.98 Å². The third-order valence-electron chi connectivity index (χ3n) is 3.64. The molecule has 1 aromatic heterocycles. The molecule has 1 aliphatic rings. The van der Waals surface area contributed by atoms with Gasteiger partial charge in [-0.1, -0.05) is 19.8 Å². The SMILES string of the molecule is CCCNCc1sc(N2CCCCCC2)nc1COC. The summed E-state index contributed by atoms with van der Waals surface area (Å²) in [6, 6.07) is 0. The van der Waals surface area contributed by atoms with E-state index in [2.05, 4.69) is 17.1 Å². The van der Waals surface area contributed by atoms with Gasteiger partial charge in [0.1, 0.15) is 0 Å². The van der Waals surface area contributed by atoms with Crippen molar-refractivity contribution in [2.75, 3.05) is 31.6 Å². The number of aromatic nitrogens is 1. The summed E-state index contributed by atoms with van der Waals surface area (Å²) in [4.78, 5) is 8.61. The van der Waals surface area contributed by atoms with Crippen LogP contribution in [-0.2, 0) is 17.9 Å². The van der Waals surface area contributed by atoms with E-state index in [0.717, 1.165) is 38.3 Å². The van der Waals surface area contributed by atoms with Gasteiger partial charge >= 0.3 is 0 Å². The molecule has 0 aliphatic carbocycles. The highest BCUT2D eigenvalue weighted by atomic mass is 32.1. The number of rotatable bonds is 7. The Balaban J connectivity index is 2.05. The molecule has 114 valence electrons. The maximum atomic E-state index is 5.30. The zero-order valence-electron chi connectivity index (χ0n) is 12.8. The molecule has 1 saturated heterocycles. The van der Waals surface area contributed by atoms with Gasteiger partial charge in [0, 0.05) is 31.6 Å². The molecule has 2 rings (SSSR count). The quantitative estimate of drug-likeness (QED) is 0.784. The lowest BCUT2D eigenvalue weighted by Gasteiger charge is -2.18. The number of anilines is 1. The van der Waals surface area contributed by atoms with E-state index >= 15 is 0 Å². The van der Waals surface area contributed by atoms with Gasteiger partial charge in [-0.2, -0.15) is 0 Å². The van der Waals surface area contributed by atoms with Crippen LogP contribution in [0.3, 0.4) is 0 Å². The van der Waals surface area contributed by atoms with Crippen LogP contribution in [0.2, 0.25) is 0 Å². The van der Waals surface area contributed by atoms with Crippen LogP contribution in [0.15, 0.2) is 0 Å². The first-order valence-corrected chi connectivity index (χ1v) is 8.60. The van der Waals surface area contributed by atoms with Crippen LogP contribution in [0, 0.1) is 0 Å². The molecule has 1 aliphatic heterocycles. The first-order valence-electron chi connectivity index (χ1n) is 7.78. The van der Waals surface area contributed by atoms with Crippen molar-refractivity contribution in [3.8, 4) is 0 Å². The third kappa shape index (κ3) is 4.43. The Hall–Kier alpha value is -0.650. The Morgan fingerprint density at radius 2 is 2.00 bits per heavy atom. The van der Waals surface area contributed by atoms with Crippen molar-refractivity contribution in [2.24, 2.45) is 0 Å². The van der Waals surface area contributed by atoms with E-state index in [0.29, 0.717) is 6.61 Å². The maximum Gasteiger partial charge on any atom is 0.185 e. The average Bonchev–Trinajstić information content (AvgIpc) is 2.68. The molecular weight excluding hydrogens is 270 g/mol. The monoisotopic (exact) mass is 297 g/mol. The number of hydrogen-bond donors (Lipinski definition) is 1. The van der Waals surface area contributed by atoms with Crippen LogP contribution >= 0.6 is 11.3 Å². The summed E-state index contributed by atoms with van der Waals surface area (Å²) in [5.74, 6) is 0. The number of ether oxygens (including phenoxy) is 1. The minimum absolute atomic E-state index is 0.619. The molecule has 5 heteroatoms. The fraction of sp³-hybridized carbons (Fsp3) is 0.800. The molecule has 1 fully saturated rings. The summed E-state index contributed by atoms with van der Waals surface area (Å²) in [5.41, 5.74) is 1.11. The standard InChI is InChI=1S/C15H27N3OS/c1-3-8-16-11-14-13(12-19-2)17-15(20-14)18-9-6-4-5-7-10-18/h16H,3-12H2,1-2H3. The van der Waals surface area contributed by atoms with Crippen molar-refractivity contribution < 1.29 is 4.74 Å². The Labute approximate surface area is 126 Å². The molecule has 0 radical (unpaired) electrons. The Morgan fingerprint density at radius 3 is 2.65 bits per heavy atom. The van der Waals surface area contributed by atoms with Crippen LogP contribution in [0.4, 0.5) is 5.13 Å². The van der Waals surface area contributed by atoms with Gasteiger partial charge in [-0.3, -0.25) is 0 Å². The highest BCUT2D eigenvalue weighted by Crippen LogP contribution is 2.28. The molecule has 4 nitrogen and oxygen atoms in total. The first-order chi connectivity index (χ1) is 9.85. The lowest BCUT2D eigenvalue weighted by molar-refractivity contribution is 0.181. The maximum absolute atomic E-state index is 5.30. The van der Waals surface area contributed by atoms with Crippen LogP contribution < -0.4 is 10.2 Å². The predicted octanol–water partition coefficient (Wildman–Crippen LogP) is 3.17. The van der Waals surface area contributed by atoms with Gasteiger partial charge in [-0.05, 0) is 25.8 Å². The number of nitrogens with one attached hydrogen (secondary N) is 1. The number of nitrogens with zero attached hydrogens (tertiary/aromatic N) is 2. The summed E-state index contributed by atoms with van der Waals surface area (Å²) in [5, 5.41) is 4.66. The molecule has 0 saturated carbocycles. The largest absolute Gasteiger partial charge is 0.378 e. The first kappa shape index (κ1) is 15.7. The molecule has 20 heavy (non-hydrogen) atoms. The van der Waals surface area contributed by atoms with E-state index in [1.54, 1.807) is 7.11 Å². The Kier molecular flexibility index (Phi) is 6.76. The Morgan fingerprint density at radius 1 is 1.25 bits per heavy atom. The summed E-state index contributed by atoms with van der Waals surface area (Å²) in [6.07, 6.45) is 6.47. The zero-order chi connectivity index (χ0) is 14.2. The van der Waals surface area contributed by atoms with E-state index in [-0.39, 0.29) is 0 Å². The number of methoxy groups -OCH3 is 1. The van der Waals surface area contributed by atoms with E-state index in [9.17, 15) is 0 Å². The lowest BCUT2D eigenvalue weighted by atomic mass is 10.2.